The van der Waals surface area contributed by atoms with Crippen LogP contribution in [0.1, 0.15) is 25.7 Å². The quantitative estimate of drug-likeness (QED) is 0.894. The van der Waals surface area contributed by atoms with E-state index in [0.717, 1.165) is 49.4 Å². The van der Waals surface area contributed by atoms with Crippen LogP contribution in [0, 0.1) is 0 Å². The number of anilines is 1. The maximum absolute atomic E-state index is 10.8. The predicted octanol–water partition coefficient (Wildman–Crippen LogP) is 2.67. The van der Waals surface area contributed by atoms with E-state index in [0.29, 0.717) is 5.75 Å². The second-order valence-electron chi connectivity index (χ2n) is 7.15. The molecule has 1 saturated carbocycles. The van der Waals surface area contributed by atoms with Crippen LogP contribution < -0.4 is 15.4 Å². The summed E-state index contributed by atoms with van der Waals surface area (Å²) in [5.41, 5.74) is 6.83. The Hall–Kier alpha value is -2.67. The number of amides is 1. The topological polar surface area (TPSA) is 84.6 Å². The van der Waals surface area contributed by atoms with E-state index in [2.05, 4.69) is 14.8 Å². The Bertz CT molecular complexity index is 781. The van der Waals surface area contributed by atoms with Crippen LogP contribution in [0.4, 0.5) is 10.7 Å². The van der Waals surface area contributed by atoms with Gasteiger partial charge in [-0.1, -0.05) is 12.8 Å². The molecule has 2 heterocycles. The molecule has 1 aliphatic carbocycles. The van der Waals surface area contributed by atoms with Crippen molar-refractivity contribution in [2.75, 3.05) is 31.1 Å². The molecular weight excluding hydrogens is 342 g/mol. The molecule has 1 saturated heterocycles. The lowest BCUT2D eigenvalue weighted by molar-refractivity contribution is 0.187. The van der Waals surface area contributed by atoms with Crippen LogP contribution in [0.25, 0.3) is 11.3 Å². The van der Waals surface area contributed by atoms with Crippen molar-refractivity contribution in [1.29, 1.82) is 0 Å². The van der Waals surface area contributed by atoms with E-state index in [9.17, 15) is 4.79 Å². The summed E-state index contributed by atoms with van der Waals surface area (Å²) in [6.45, 7) is 4.09. The van der Waals surface area contributed by atoms with Gasteiger partial charge in [0, 0.05) is 44.0 Å². The summed E-state index contributed by atoms with van der Waals surface area (Å²) in [6.07, 6.45) is 6.43. The largest absolute Gasteiger partial charge is 0.411 e. The number of piperazine rings is 1. The van der Waals surface area contributed by atoms with Gasteiger partial charge in [-0.05, 0) is 43.2 Å². The number of primary amides is 1. The van der Waals surface area contributed by atoms with Gasteiger partial charge in [-0.25, -0.2) is 14.8 Å². The molecule has 7 heteroatoms. The Morgan fingerprint density at radius 2 is 1.74 bits per heavy atom. The second kappa shape index (κ2) is 7.92. The van der Waals surface area contributed by atoms with Crippen LogP contribution in [-0.4, -0.2) is 53.2 Å². The fourth-order valence-corrected chi connectivity index (χ4v) is 4.03. The van der Waals surface area contributed by atoms with Crippen molar-refractivity contribution in [3.8, 4) is 17.0 Å². The van der Waals surface area contributed by atoms with Crippen LogP contribution >= 0.6 is 0 Å². The molecule has 142 valence electrons. The molecule has 1 aromatic heterocycles. The number of carbonyl (C=O) groups excluding carboxylic acids is 1. The molecule has 7 nitrogen and oxygen atoms in total. The third-order valence-corrected chi connectivity index (χ3v) is 5.45. The number of hydrogen-bond acceptors (Lipinski definition) is 6. The fourth-order valence-electron chi connectivity index (χ4n) is 4.03. The molecule has 2 aromatic rings. The fraction of sp³-hybridized carbons (Fsp3) is 0.450. The Balaban J connectivity index is 1.42. The van der Waals surface area contributed by atoms with Crippen LogP contribution in [0.3, 0.4) is 0 Å². The Kier molecular flexibility index (Phi) is 5.20. The normalized spacial score (nSPS) is 18.6. The first-order chi connectivity index (χ1) is 13.2. The van der Waals surface area contributed by atoms with E-state index in [1.165, 1.54) is 25.7 Å². The summed E-state index contributed by atoms with van der Waals surface area (Å²) in [6, 6.07) is 9.82. The monoisotopic (exact) mass is 367 g/mol. The molecule has 1 amide bonds. The van der Waals surface area contributed by atoms with Crippen molar-refractivity contribution in [1.82, 2.24) is 14.9 Å². The number of rotatable bonds is 4. The molecule has 0 atom stereocenters. The molecule has 4 rings (SSSR count). The number of ether oxygens (including phenoxy) is 1. The number of nitrogens with two attached hydrogens (primary N) is 1. The summed E-state index contributed by atoms with van der Waals surface area (Å²) in [5, 5.41) is 0. The minimum atomic E-state index is -0.816. The Morgan fingerprint density at radius 1 is 1.04 bits per heavy atom. The number of carbonyl (C=O) groups is 1. The van der Waals surface area contributed by atoms with Gasteiger partial charge in [0.15, 0.2) is 0 Å². The third kappa shape index (κ3) is 4.19. The van der Waals surface area contributed by atoms with Crippen molar-refractivity contribution in [2.24, 2.45) is 5.73 Å². The van der Waals surface area contributed by atoms with E-state index in [4.69, 9.17) is 15.5 Å². The third-order valence-electron chi connectivity index (χ3n) is 5.45. The highest BCUT2D eigenvalue weighted by Gasteiger charge is 2.26. The lowest BCUT2D eigenvalue weighted by Gasteiger charge is -2.38. The van der Waals surface area contributed by atoms with Crippen molar-refractivity contribution >= 4 is 12.0 Å². The molecule has 0 bridgehead atoms. The number of benzene rings is 1. The number of nitrogens with zero attached hydrogens (tertiary/aromatic N) is 4. The first-order valence-corrected chi connectivity index (χ1v) is 9.59. The Morgan fingerprint density at radius 3 is 2.41 bits per heavy atom. The zero-order valence-electron chi connectivity index (χ0n) is 15.4. The van der Waals surface area contributed by atoms with Gasteiger partial charge in [0.1, 0.15) is 5.75 Å². The second-order valence-corrected chi connectivity index (χ2v) is 7.15. The minimum Gasteiger partial charge on any atom is -0.411 e. The van der Waals surface area contributed by atoms with Crippen LogP contribution in [0.2, 0.25) is 0 Å². The summed E-state index contributed by atoms with van der Waals surface area (Å²) in [4.78, 5) is 24.9. The van der Waals surface area contributed by atoms with Crippen molar-refractivity contribution in [2.45, 2.75) is 31.7 Å². The lowest BCUT2D eigenvalue weighted by atomic mass is 10.1. The molecule has 0 spiro atoms. The van der Waals surface area contributed by atoms with E-state index in [1.807, 2.05) is 18.2 Å². The smallest absolute Gasteiger partial charge is 0.409 e. The highest BCUT2D eigenvalue weighted by molar-refractivity contribution is 5.69. The van der Waals surface area contributed by atoms with Gasteiger partial charge in [0.05, 0.1) is 5.69 Å². The summed E-state index contributed by atoms with van der Waals surface area (Å²) in [5.74, 6) is 1.19. The molecular formula is C20H25N5O2. The van der Waals surface area contributed by atoms with Crippen molar-refractivity contribution in [3.63, 3.8) is 0 Å². The van der Waals surface area contributed by atoms with E-state index in [1.54, 1.807) is 18.3 Å². The van der Waals surface area contributed by atoms with E-state index >= 15 is 0 Å². The highest BCUT2D eigenvalue weighted by Crippen LogP contribution is 2.26. The molecule has 2 N–H and O–H groups in total. The van der Waals surface area contributed by atoms with Crippen molar-refractivity contribution in [3.05, 3.63) is 36.5 Å². The standard InChI is InChI=1S/C20H25N5O2/c21-19(26)27-17-7-5-15(6-8-17)18-9-10-22-20(23-18)25-13-11-24(12-14-25)16-3-1-2-4-16/h5-10,16H,1-4,11-14H2,(H2,21,26). The molecule has 2 fully saturated rings. The van der Waals surface area contributed by atoms with Gasteiger partial charge in [-0.15, -0.1) is 0 Å². The molecule has 1 aliphatic heterocycles. The Labute approximate surface area is 159 Å². The number of aromatic nitrogens is 2. The molecule has 0 unspecified atom stereocenters. The molecule has 27 heavy (non-hydrogen) atoms. The first kappa shape index (κ1) is 17.7. The van der Waals surface area contributed by atoms with Crippen LogP contribution in [0.15, 0.2) is 36.5 Å². The van der Waals surface area contributed by atoms with Gasteiger partial charge in [0.25, 0.3) is 0 Å². The van der Waals surface area contributed by atoms with Crippen molar-refractivity contribution < 1.29 is 9.53 Å². The average Bonchev–Trinajstić information content (AvgIpc) is 3.23. The van der Waals surface area contributed by atoms with E-state index < -0.39 is 6.09 Å². The van der Waals surface area contributed by atoms with Gasteiger partial charge in [-0.2, -0.15) is 0 Å². The summed E-state index contributed by atoms with van der Waals surface area (Å²) >= 11 is 0. The average molecular weight is 367 g/mol. The van der Waals surface area contributed by atoms with Gasteiger partial charge in [0.2, 0.25) is 5.95 Å². The lowest BCUT2D eigenvalue weighted by Crippen LogP contribution is -2.50. The summed E-state index contributed by atoms with van der Waals surface area (Å²) < 4.78 is 4.87. The highest BCUT2D eigenvalue weighted by atomic mass is 16.5. The molecule has 2 aliphatic rings. The number of hydrogen-bond donors (Lipinski definition) is 1. The minimum absolute atomic E-state index is 0.420. The van der Waals surface area contributed by atoms with Gasteiger partial charge >= 0.3 is 6.09 Å². The zero-order chi connectivity index (χ0) is 18.6. The maximum Gasteiger partial charge on any atom is 0.409 e. The van der Waals surface area contributed by atoms with Gasteiger partial charge in [-0.3, -0.25) is 4.90 Å². The van der Waals surface area contributed by atoms with Gasteiger partial charge < -0.3 is 15.4 Å². The first-order valence-electron chi connectivity index (χ1n) is 9.59. The molecule has 1 aromatic carbocycles. The SMILES string of the molecule is NC(=O)Oc1ccc(-c2ccnc(N3CCN(C4CCCC4)CC3)n2)cc1. The predicted molar refractivity (Wildman–Crippen MR) is 104 cm³/mol. The van der Waals surface area contributed by atoms with Crippen LogP contribution in [-0.2, 0) is 0 Å². The maximum atomic E-state index is 10.8. The van der Waals surface area contributed by atoms with E-state index in [-0.39, 0.29) is 0 Å². The van der Waals surface area contributed by atoms with Crippen LogP contribution in [0.5, 0.6) is 5.75 Å². The molecule has 0 radical (unpaired) electrons. The zero-order valence-corrected chi connectivity index (χ0v) is 15.4. The summed E-state index contributed by atoms with van der Waals surface area (Å²) in [7, 11) is 0.